The summed E-state index contributed by atoms with van der Waals surface area (Å²) in [5.41, 5.74) is 0. The molecule has 3 nitrogen and oxygen atoms in total. The fourth-order valence-corrected chi connectivity index (χ4v) is 1.39. The van der Waals surface area contributed by atoms with Crippen molar-refractivity contribution in [2.45, 2.75) is 13.0 Å². The number of ether oxygens (including phenoxy) is 1. The highest BCUT2D eigenvalue weighted by Gasteiger charge is 2.17. The molecule has 5 heteroatoms. The highest BCUT2D eigenvalue weighted by atomic mass is 35.5. The average molecular weight is 246 g/mol. The van der Waals surface area contributed by atoms with Gasteiger partial charge in [-0.1, -0.05) is 11.6 Å². The van der Waals surface area contributed by atoms with Gasteiger partial charge in [-0.05, 0) is 25.1 Å². The number of benzene rings is 1. The molecule has 1 unspecified atom stereocenters. The zero-order valence-electron chi connectivity index (χ0n) is 9.33. The van der Waals surface area contributed by atoms with Gasteiger partial charge in [0.2, 0.25) is 0 Å². The average Bonchev–Trinajstić information content (AvgIpc) is 2.20. The minimum atomic E-state index is -0.655. The number of amides is 1. The van der Waals surface area contributed by atoms with Crippen molar-refractivity contribution < 1.29 is 13.9 Å². The Morgan fingerprint density at radius 2 is 2.12 bits per heavy atom. The van der Waals surface area contributed by atoms with Gasteiger partial charge in [0.05, 0.1) is 5.02 Å². The summed E-state index contributed by atoms with van der Waals surface area (Å²) in [7, 11) is 3.27. The fraction of sp³-hybridized carbons (Fsp3) is 0.364. The number of hydrogen-bond donors (Lipinski definition) is 0. The number of hydrogen-bond acceptors (Lipinski definition) is 2. The Morgan fingerprint density at radius 3 is 2.62 bits per heavy atom. The molecule has 0 aliphatic heterocycles. The highest BCUT2D eigenvalue weighted by molar-refractivity contribution is 6.32. The zero-order chi connectivity index (χ0) is 12.3. The van der Waals surface area contributed by atoms with Crippen molar-refractivity contribution >= 4 is 17.5 Å². The van der Waals surface area contributed by atoms with Crippen molar-refractivity contribution in [2.24, 2.45) is 0 Å². The maximum absolute atomic E-state index is 12.8. The molecule has 0 N–H and O–H groups in total. The van der Waals surface area contributed by atoms with Crippen molar-refractivity contribution in [3.63, 3.8) is 0 Å². The smallest absolute Gasteiger partial charge is 0.262 e. The molecule has 1 amide bonds. The Balaban J connectivity index is 2.77. The van der Waals surface area contributed by atoms with Gasteiger partial charge in [0.15, 0.2) is 6.10 Å². The van der Waals surface area contributed by atoms with Crippen molar-refractivity contribution in [3.05, 3.63) is 29.0 Å². The molecular weight excluding hydrogens is 233 g/mol. The summed E-state index contributed by atoms with van der Waals surface area (Å²) in [6.07, 6.45) is -0.655. The van der Waals surface area contributed by atoms with Crippen LogP contribution >= 0.6 is 11.6 Å². The van der Waals surface area contributed by atoms with Crippen LogP contribution < -0.4 is 4.74 Å². The van der Waals surface area contributed by atoms with Crippen LogP contribution in [0.15, 0.2) is 18.2 Å². The third-order valence-corrected chi connectivity index (χ3v) is 2.28. The molecule has 88 valence electrons. The van der Waals surface area contributed by atoms with Crippen molar-refractivity contribution in [1.29, 1.82) is 0 Å². The Morgan fingerprint density at radius 1 is 1.50 bits per heavy atom. The molecule has 0 saturated heterocycles. The summed E-state index contributed by atoms with van der Waals surface area (Å²) in [4.78, 5) is 12.9. The molecule has 0 radical (unpaired) electrons. The lowest BCUT2D eigenvalue weighted by molar-refractivity contribution is -0.135. The molecule has 0 aliphatic carbocycles. The Labute approximate surface area is 98.8 Å². The highest BCUT2D eigenvalue weighted by Crippen LogP contribution is 2.25. The van der Waals surface area contributed by atoms with E-state index >= 15 is 0 Å². The number of nitrogens with zero attached hydrogens (tertiary/aromatic N) is 1. The van der Waals surface area contributed by atoms with Crippen LogP contribution in [-0.2, 0) is 4.79 Å². The second-order valence-electron chi connectivity index (χ2n) is 3.57. The number of carbonyl (C=O) groups is 1. The molecule has 0 aliphatic rings. The number of likely N-dealkylation sites (N-methyl/N-ethyl adjacent to an activating group) is 1. The van der Waals surface area contributed by atoms with E-state index in [0.717, 1.165) is 6.07 Å². The van der Waals surface area contributed by atoms with E-state index in [1.54, 1.807) is 21.0 Å². The first-order valence-electron chi connectivity index (χ1n) is 4.74. The zero-order valence-corrected chi connectivity index (χ0v) is 10.1. The third-order valence-electron chi connectivity index (χ3n) is 1.99. The summed E-state index contributed by atoms with van der Waals surface area (Å²) in [5, 5.41) is 0.151. The van der Waals surface area contributed by atoms with Crippen LogP contribution in [0, 0.1) is 5.82 Å². The SMILES string of the molecule is CC(Oc1ccc(F)cc1Cl)C(=O)N(C)C. The van der Waals surface area contributed by atoms with Gasteiger partial charge in [-0.15, -0.1) is 0 Å². The van der Waals surface area contributed by atoms with E-state index in [4.69, 9.17) is 16.3 Å². The van der Waals surface area contributed by atoms with E-state index in [0.29, 0.717) is 5.75 Å². The second-order valence-corrected chi connectivity index (χ2v) is 3.97. The van der Waals surface area contributed by atoms with E-state index in [1.807, 2.05) is 0 Å². The minimum absolute atomic E-state index is 0.151. The van der Waals surface area contributed by atoms with Gasteiger partial charge < -0.3 is 9.64 Å². The minimum Gasteiger partial charge on any atom is -0.479 e. The van der Waals surface area contributed by atoms with Gasteiger partial charge in [0.1, 0.15) is 11.6 Å². The van der Waals surface area contributed by atoms with Crippen LogP contribution in [0.25, 0.3) is 0 Å². The second kappa shape index (κ2) is 5.16. The predicted molar refractivity (Wildman–Crippen MR) is 60.2 cm³/mol. The standard InChI is InChI=1S/C11H13ClFNO2/c1-7(11(15)14(2)3)16-10-5-4-8(13)6-9(10)12/h4-7H,1-3H3. The lowest BCUT2D eigenvalue weighted by Gasteiger charge is -2.18. The van der Waals surface area contributed by atoms with Gasteiger partial charge in [-0.3, -0.25) is 4.79 Å². The maximum atomic E-state index is 12.8. The van der Waals surface area contributed by atoms with Gasteiger partial charge in [-0.25, -0.2) is 4.39 Å². The first kappa shape index (κ1) is 12.8. The van der Waals surface area contributed by atoms with E-state index < -0.39 is 11.9 Å². The largest absolute Gasteiger partial charge is 0.479 e. The molecule has 0 spiro atoms. The Bertz CT molecular complexity index is 396. The number of carbonyl (C=O) groups excluding carboxylic acids is 1. The molecule has 1 rings (SSSR count). The monoisotopic (exact) mass is 245 g/mol. The summed E-state index contributed by atoms with van der Waals surface area (Å²) in [6.45, 7) is 1.61. The first-order valence-corrected chi connectivity index (χ1v) is 5.12. The first-order chi connectivity index (χ1) is 7.41. The molecule has 0 saturated carbocycles. The summed E-state index contributed by atoms with van der Waals surface area (Å²) in [5.74, 6) is -0.324. The van der Waals surface area contributed by atoms with Crippen LogP contribution in [0.5, 0.6) is 5.75 Å². The van der Waals surface area contributed by atoms with Crippen LogP contribution in [0.4, 0.5) is 4.39 Å². The Hall–Kier alpha value is -1.29. The Kier molecular flexibility index (Phi) is 4.12. The molecule has 0 fully saturated rings. The molecule has 16 heavy (non-hydrogen) atoms. The van der Waals surface area contributed by atoms with E-state index in [-0.39, 0.29) is 10.9 Å². The molecule has 1 aromatic carbocycles. The quantitative estimate of drug-likeness (QED) is 0.818. The molecule has 1 atom stereocenters. The number of rotatable bonds is 3. The number of halogens is 2. The maximum Gasteiger partial charge on any atom is 0.262 e. The summed E-state index contributed by atoms with van der Waals surface area (Å²) >= 11 is 5.77. The summed E-state index contributed by atoms with van der Waals surface area (Å²) in [6, 6.07) is 3.77. The van der Waals surface area contributed by atoms with Gasteiger partial charge >= 0.3 is 0 Å². The van der Waals surface area contributed by atoms with Crippen LogP contribution in [0.2, 0.25) is 5.02 Å². The van der Waals surface area contributed by atoms with E-state index in [1.165, 1.54) is 17.0 Å². The van der Waals surface area contributed by atoms with Crippen molar-refractivity contribution in [3.8, 4) is 5.75 Å². The summed E-state index contributed by atoms with van der Waals surface area (Å²) < 4.78 is 18.1. The van der Waals surface area contributed by atoms with Crippen LogP contribution in [0.1, 0.15) is 6.92 Å². The van der Waals surface area contributed by atoms with Gasteiger partial charge in [-0.2, -0.15) is 0 Å². The van der Waals surface area contributed by atoms with Gasteiger partial charge in [0.25, 0.3) is 5.91 Å². The normalized spacial score (nSPS) is 12.1. The molecule has 0 heterocycles. The molecule has 1 aromatic rings. The molecule has 0 aromatic heterocycles. The topological polar surface area (TPSA) is 29.5 Å². The fourth-order valence-electron chi connectivity index (χ4n) is 1.18. The van der Waals surface area contributed by atoms with E-state index in [2.05, 4.69) is 0 Å². The molecular formula is C11H13ClFNO2. The third kappa shape index (κ3) is 3.10. The lowest BCUT2D eigenvalue weighted by atomic mass is 10.3. The van der Waals surface area contributed by atoms with Crippen LogP contribution in [-0.4, -0.2) is 31.0 Å². The molecule has 0 bridgehead atoms. The lowest BCUT2D eigenvalue weighted by Crippen LogP contribution is -2.35. The van der Waals surface area contributed by atoms with E-state index in [9.17, 15) is 9.18 Å². The van der Waals surface area contributed by atoms with Crippen molar-refractivity contribution in [2.75, 3.05) is 14.1 Å². The van der Waals surface area contributed by atoms with Crippen LogP contribution in [0.3, 0.4) is 0 Å². The predicted octanol–water partition coefficient (Wildman–Crippen LogP) is 2.33. The van der Waals surface area contributed by atoms with Gasteiger partial charge in [0, 0.05) is 14.1 Å². The van der Waals surface area contributed by atoms with Crippen molar-refractivity contribution in [1.82, 2.24) is 4.90 Å².